The first-order chi connectivity index (χ1) is 7.97. The van der Waals surface area contributed by atoms with Crippen molar-refractivity contribution < 1.29 is 24.5 Å². The van der Waals surface area contributed by atoms with Crippen LogP contribution >= 0.6 is 0 Å². The van der Waals surface area contributed by atoms with Gasteiger partial charge in [-0.3, -0.25) is 4.79 Å². The molecule has 1 aliphatic heterocycles. The lowest BCUT2D eigenvalue weighted by Crippen LogP contribution is -2.60. The Morgan fingerprint density at radius 3 is 2.59 bits per heavy atom. The second-order valence-electron chi connectivity index (χ2n) is 4.31. The van der Waals surface area contributed by atoms with Crippen LogP contribution in [0.25, 0.3) is 0 Å². The van der Waals surface area contributed by atoms with Crippen molar-refractivity contribution in [3.63, 3.8) is 0 Å². The molecule has 0 saturated carbocycles. The van der Waals surface area contributed by atoms with E-state index in [-0.39, 0.29) is 25.2 Å². The molecule has 7 nitrogen and oxygen atoms in total. The van der Waals surface area contributed by atoms with Gasteiger partial charge in [0.1, 0.15) is 12.6 Å². The minimum atomic E-state index is -1.16. The van der Waals surface area contributed by atoms with Gasteiger partial charge in [0.05, 0.1) is 5.60 Å². The minimum absolute atomic E-state index is 0.0140. The maximum atomic E-state index is 11.4. The van der Waals surface area contributed by atoms with Crippen LogP contribution in [-0.2, 0) is 14.3 Å². The van der Waals surface area contributed by atoms with E-state index >= 15 is 0 Å². The molecule has 98 valence electrons. The fourth-order valence-corrected chi connectivity index (χ4v) is 1.44. The Balaban J connectivity index is 2.29. The van der Waals surface area contributed by atoms with Crippen LogP contribution in [0.15, 0.2) is 0 Å². The number of hydrogen-bond acceptors (Lipinski definition) is 5. The standard InChI is InChI=1S/C10H18N2O5/c1-10(5-11-6-10)17-4-8(14)12-7(2-3-13)9(15)16/h7,11,13H,2-6H2,1H3,(H,12,14)(H,15,16). The maximum Gasteiger partial charge on any atom is 0.326 e. The Kier molecular flexibility index (Phi) is 4.86. The average molecular weight is 246 g/mol. The van der Waals surface area contributed by atoms with Crippen LogP contribution < -0.4 is 10.6 Å². The van der Waals surface area contributed by atoms with E-state index in [1.807, 2.05) is 6.92 Å². The number of carbonyl (C=O) groups excluding carboxylic acids is 1. The number of rotatable bonds is 7. The maximum absolute atomic E-state index is 11.4. The molecular formula is C10H18N2O5. The first-order valence-electron chi connectivity index (χ1n) is 5.44. The van der Waals surface area contributed by atoms with Crippen molar-refractivity contribution in [3.05, 3.63) is 0 Å². The van der Waals surface area contributed by atoms with E-state index in [1.165, 1.54) is 0 Å². The summed E-state index contributed by atoms with van der Waals surface area (Å²) in [7, 11) is 0. The van der Waals surface area contributed by atoms with Gasteiger partial charge in [0, 0.05) is 26.1 Å². The highest BCUT2D eigenvalue weighted by molar-refractivity contribution is 5.84. The zero-order valence-electron chi connectivity index (χ0n) is 9.73. The number of ether oxygens (including phenoxy) is 1. The second kappa shape index (κ2) is 5.95. The van der Waals surface area contributed by atoms with Crippen molar-refractivity contribution in [2.75, 3.05) is 26.3 Å². The fourth-order valence-electron chi connectivity index (χ4n) is 1.44. The Hall–Kier alpha value is -1.18. The summed E-state index contributed by atoms with van der Waals surface area (Å²) in [5.74, 6) is -1.65. The van der Waals surface area contributed by atoms with Gasteiger partial charge in [-0.2, -0.15) is 0 Å². The van der Waals surface area contributed by atoms with Crippen LogP contribution in [0.1, 0.15) is 13.3 Å². The van der Waals surface area contributed by atoms with Gasteiger partial charge in [0.15, 0.2) is 0 Å². The van der Waals surface area contributed by atoms with Gasteiger partial charge < -0.3 is 25.6 Å². The Morgan fingerprint density at radius 1 is 1.53 bits per heavy atom. The molecule has 1 heterocycles. The normalized spacial score (nSPS) is 19.2. The fraction of sp³-hybridized carbons (Fsp3) is 0.800. The third kappa shape index (κ3) is 4.29. The van der Waals surface area contributed by atoms with Crippen LogP contribution in [0.4, 0.5) is 0 Å². The zero-order valence-corrected chi connectivity index (χ0v) is 9.73. The summed E-state index contributed by atoms with van der Waals surface area (Å²) in [5.41, 5.74) is -0.340. The third-order valence-corrected chi connectivity index (χ3v) is 2.60. The summed E-state index contributed by atoms with van der Waals surface area (Å²) in [6.45, 7) is 2.77. The SMILES string of the molecule is CC1(OCC(=O)NC(CCO)C(=O)O)CNC1. The number of aliphatic hydroxyl groups excluding tert-OH is 1. The number of nitrogens with one attached hydrogen (secondary N) is 2. The Labute approximate surface area is 99.1 Å². The summed E-state index contributed by atoms with van der Waals surface area (Å²) < 4.78 is 5.36. The van der Waals surface area contributed by atoms with Gasteiger partial charge in [-0.25, -0.2) is 4.79 Å². The molecule has 0 aromatic heterocycles. The predicted octanol–water partition coefficient (Wildman–Crippen LogP) is -1.68. The molecule has 0 spiro atoms. The van der Waals surface area contributed by atoms with E-state index in [0.29, 0.717) is 13.1 Å². The molecule has 17 heavy (non-hydrogen) atoms. The number of aliphatic hydroxyl groups is 1. The van der Waals surface area contributed by atoms with Crippen molar-refractivity contribution in [2.24, 2.45) is 0 Å². The summed E-state index contributed by atoms with van der Waals surface area (Å²) >= 11 is 0. The van der Waals surface area contributed by atoms with Crippen molar-refractivity contribution in [1.82, 2.24) is 10.6 Å². The van der Waals surface area contributed by atoms with E-state index in [1.54, 1.807) is 0 Å². The molecule has 4 N–H and O–H groups in total. The number of hydrogen-bond donors (Lipinski definition) is 4. The topological polar surface area (TPSA) is 108 Å². The van der Waals surface area contributed by atoms with E-state index < -0.39 is 17.9 Å². The number of carboxylic acids is 1. The smallest absolute Gasteiger partial charge is 0.326 e. The number of carbonyl (C=O) groups is 2. The number of aliphatic carboxylic acids is 1. The van der Waals surface area contributed by atoms with Crippen molar-refractivity contribution in [1.29, 1.82) is 0 Å². The van der Waals surface area contributed by atoms with Crippen molar-refractivity contribution in [3.8, 4) is 0 Å². The lowest BCUT2D eigenvalue weighted by molar-refractivity contribution is -0.145. The molecule has 0 radical (unpaired) electrons. The van der Waals surface area contributed by atoms with Gasteiger partial charge in [-0.05, 0) is 6.92 Å². The third-order valence-electron chi connectivity index (χ3n) is 2.60. The zero-order chi connectivity index (χ0) is 12.9. The van der Waals surface area contributed by atoms with Gasteiger partial charge in [0.25, 0.3) is 0 Å². The molecular weight excluding hydrogens is 228 g/mol. The van der Waals surface area contributed by atoms with E-state index in [9.17, 15) is 9.59 Å². The van der Waals surface area contributed by atoms with Crippen molar-refractivity contribution >= 4 is 11.9 Å². The molecule has 7 heteroatoms. The van der Waals surface area contributed by atoms with Crippen LogP contribution in [0.2, 0.25) is 0 Å². The lowest BCUT2D eigenvalue weighted by Gasteiger charge is -2.38. The van der Waals surface area contributed by atoms with Crippen molar-refractivity contribution in [2.45, 2.75) is 25.0 Å². The molecule has 1 amide bonds. The Bertz CT molecular complexity index is 290. The van der Waals surface area contributed by atoms with Crippen LogP contribution in [0.3, 0.4) is 0 Å². The van der Waals surface area contributed by atoms with E-state index in [0.717, 1.165) is 0 Å². The molecule has 1 rings (SSSR count). The van der Waals surface area contributed by atoms with Gasteiger partial charge in [0.2, 0.25) is 5.91 Å². The molecule has 0 aliphatic carbocycles. The molecule has 1 fully saturated rings. The highest BCUT2D eigenvalue weighted by Crippen LogP contribution is 2.14. The summed E-state index contributed by atoms with van der Waals surface area (Å²) in [4.78, 5) is 22.1. The van der Waals surface area contributed by atoms with Crippen LogP contribution in [0.5, 0.6) is 0 Å². The van der Waals surface area contributed by atoms with E-state index in [2.05, 4.69) is 10.6 Å². The summed E-state index contributed by atoms with van der Waals surface area (Å²) in [6, 6.07) is -1.07. The lowest BCUT2D eigenvalue weighted by atomic mass is 10.0. The summed E-state index contributed by atoms with van der Waals surface area (Å²) in [5, 5.41) is 22.7. The largest absolute Gasteiger partial charge is 0.480 e. The summed E-state index contributed by atoms with van der Waals surface area (Å²) in [6.07, 6.45) is -0.0140. The Morgan fingerprint density at radius 2 is 2.18 bits per heavy atom. The monoisotopic (exact) mass is 246 g/mol. The van der Waals surface area contributed by atoms with Gasteiger partial charge >= 0.3 is 5.97 Å². The first-order valence-corrected chi connectivity index (χ1v) is 5.44. The number of amides is 1. The predicted molar refractivity (Wildman–Crippen MR) is 58.5 cm³/mol. The van der Waals surface area contributed by atoms with Crippen LogP contribution in [0, 0.1) is 0 Å². The molecule has 1 unspecified atom stereocenters. The molecule has 0 aromatic rings. The minimum Gasteiger partial charge on any atom is -0.480 e. The van der Waals surface area contributed by atoms with E-state index in [4.69, 9.17) is 14.9 Å². The number of carboxylic acid groups (broad SMARTS) is 1. The highest BCUT2D eigenvalue weighted by atomic mass is 16.5. The van der Waals surface area contributed by atoms with Gasteiger partial charge in [-0.1, -0.05) is 0 Å². The molecule has 1 atom stereocenters. The molecule has 0 bridgehead atoms. The highest BCUT2D eigenvalue weighted by Gasteiger charge is 2.33. The average Bonchev–Trinajstić information content (AvgIpc) is 2.23. The quantitative estimate of drug-likeness (QED) is 0.427. The molecule has 0 aromatic carbocycles. The second-order valence-corrected chi connectivity index (χ2v) is 4.31. The molecule has 1 saturated heterocycles. The van der Waals surface area contributed by atoms with Crippen LogP contribution in [-0.4, -0.2) is 60.0 Å². The van der Waals surface area contributed by atoms with Gasteiger partial charge in [-0.15, -0.1) is 0 Å². The molecule has 1 aliphatic rings. The first kappa shape index (κ1) is 13.9.